The van der Waals surface area contributed by atoms with E-state index in [0.29, 0.717) is 10.8 Å². The largest absolute Gasteiger partial charge is 0.448 e. The first-order chi connectivity index (χ1) is 12.1. The highest BCUT2D eigenvalue weighted by Gasteiger charge is 2.23. The fourth-order valence-electron chi connectivity index (χ4n) is 2.18. The smallest absolute Gasteiger partial charge is 0.355 e. The van der Waals surface area contributed by atoms with Gasteiger partial charge in [-0.25, -0.2) is 9.59 Å². The van der Waals surface area contributed by atoms with Crippen molar-refractivity contribution in [3.8, 4) is 0 Å². The number of pyridine rings is 1. The van der Waals surface area contributed by atoms with Crippen molar-refractivity contribution in [2.75, 3.05) is 0 Å². The van der Waals surface area contributed by atoms with E-state index < -0.39 is 35.1 Å². The van der Waals surface area contributed by atoms with Crippen LogP contribution in [-0.4, -0.2) is 34.5 Å². The van der Waals surface area contributed by atoms with Gasteiger partial charge >= 0.3 is 12.0 Å². The lowest BCUT2D eigenvalue weighted by molar-refractivity contribution is -0.127. The second-order valence-electron chi connectivity index (χ2n) is 6.84. The maximum absolute atomic E-state index is 12.2. The van der Waals surface area contributed by atoms with E-state index in [2.05, 4.69) is 15.6 Å². The summed E-state index contributed by atoms with van der Waals surface area (Å²) in [6.45, 7) is 6.61. The number of amides is 3. The van der Waals surface area contributed by atoms with Gasteiger partial charge in [-0.05, 0) is 45.2 Å². The number of fused-ring (bicyclic) bond motifs is 1. The Morgan fingerprint density at radius 1 is 1.15 bits per heavy atom. The fraction of sp³-hybridized carbons (Fsp3) is 0.333. The molecule has 138 valence electrons. The number of H-pyrrole nitrogens is 1. The molecule has 0 saturated carbocycles. The van der Waals surface area contributed by atoms with Crippen molar-refractivity contribution >= 4 is 28.7 Å². The first kappa shape index (κ1) is 19.2. The summed E-state index contributed by atoms with van der Waals surface area (Å²) in [6, 6.07) is 7.55. The molecule has 0 spiro atoms. The van der Waals surface area contributed by atoms with Gasteiger partial charge < -0.3 is 15.0 Å². The Morgan fingerprint density at radius 3 is 2.46 bits per heavy atom. The molecule has 1 aromatic heterocycles. The van der Waals surface area contributed by atoms with Gasteiger partial charge in [-0.15, -0.1) is 0 Å². The standard InChI is InChI=1S/C18H21N3O5/c1-10(14(22)20-17(25)21-18(2,3)4)26-16(24)13-9-11-7-5-6-8-12(11)15(23)19-13/h5-10H,1-4H3,(H,19,23)(H2,20,21,22,25)/t10-/m1/s1. The Morgan fingerprint density at radius 2 is 1.81 bits per heavy atom. The lowest BCUT2D eigenvalue weighted by Crippen LogP contribution is -2.50. The summed E-state index contributed by atoms with van der Waals surface area (Å²) in [7, 11) is 0. The predicted molar refractivity (Wildman–Crippen MR) is 95.9 cm³/mol. The molecule has 2 aromatic rings. The van der Waals surface area contributed by atoms with Crippen LogP contribution >= 0.6 is 0 Å². The van der Waals surface area contributed by atoms with Crippen LogP contribution in [0.4, 0.5) is 4.79 Å². The molecule has 3 amide bonds. The lowest BCUT2D eigenvalue weighted by atomic mass is 10.1. The van der Waals surface area contributed by atoms with Crippen LogP contribution in [0.5, 0.6) is 0 Å². The maximum Gasteiger partial charge on any atom is 0.355 e. The van der Waals surface area contributed by atoms with Crippen molar-refractivity contribution < 1.29 is 19.1 Å². The Bertz CT molecular complexity index is 911. The summed E-state index contributed by atoms with van der Waals surface area (Å²) < 4.78 is 5.03. The van der Waals surface area contributed by atoms with Gasteiger partial charge in [-0.2, -0.15) is 0 Å². The Hall–Kier alpha value is -3.16. The number of carbonyl (C=O) groups is 3. The van der Waals surface area contributed by atoms with Gasteiger partial charge in [-0.3, -0.25) is 14.9 Å². The number of carbonyl (C=O) groups excluding carboxylic acids is 3. The van der Waals surface area contributed by atoms with E-state index >= 15 is 0 Å². The molecule has 1 atom stereocenters. The number of esters is 1. The van der Waals surface area contributed by atoms with Crippen LogP contribution in [0.1, 0.15) is 38.2 Å². The molecule has 26 heavy (non-hydrogen) atoms. The van der Waals surface area contributed by atoms with Gasteiger partial charge in [0.05, 0.1) is 0 Å². The minimum Gasteiger partial charge on any atom is -0.448 e. The summed E-state index contributed by atoms with van der Waals surface area (Å²) in [5, 5.41) is 5.67. The molecule has 0 unspecified atom stereocenters. The molecular weight excluding hydrogens is 338 g/mol. The zero-order chi connectivity index (χ0) is 19.5. The Balaban J connectivity index is 2.06. The maximum atomic E-state index is 12.2. The van der Waals surface area contributed by atoms with E-state index in [1.165, 1.54) is 13.0 Å². The number of ether oxygens (including phenoxy) is 1. The second kappa shape index (κ2) is 7.38. The number of aromatic nitrogens is 1. The third kappa shape index (κ3) is 4.92. The SMILES string of the molecule is C[C@@H](OC(=O)c1cc2ccccc2c(=O)[nH]1)C(=O)NC(=O)NC(C)(C)C. The molecule has 0 aliphatic carbocycles. The lowest BCUT2D eigenvalue weighted by Gasteiger charge is -2.21. The monoisotopic (exact) mass is 359 g/mol. The van der Waals surface area contributed by atoms with E-state index in [1.54, 1.807) is 45.0 Å². The number of urea groups is 1. The molecule has 1 aromatic carbocycles. The van der Waals surface area contributed by atoms with Crippen molar-refractivity contribution in [2.45, 2.75) is 39.3 Å². The fourth-order valence-corrected chi connectivity index (χ4v) is 2.18. The van der Waals surface area contributed by atoms with Crippen LogP contribution in [0.2, 0.25) is 0 Å². The zero-order valence-corrected chi connectivity index (χ0v) is 15.0. The number of hydrogen-bond donors (Lipinski definition) is 3. The number of benzene rings is 1. The van der Waals surface area contributed by atoms with Gasteiger partial charge in [0.25, 0.3) is 11.5 Å². The van der Waals surface area contributed by atoms with Crippen LogP contribution in [0.3, 0.4) is 0 Å². The Kier molecular flexibility index (Phi) is 5.44. The first-order valence-corrected chi connectivity index (χ1v) is 8.03. The second-order valence-corrected chi connectivity index (χ2v) is 6.84. The molecule has 2 rings (SSSR count). The number of imide groups is 1. The molecule has 0 saturated heterocycles. The van der Waals surface area contributed by atoms with Crippen molar-refractivity contribution in [1.82, 2.24) is 15.6 Å². The molecular formula is C18H21N3O5. The van der Waals surface area contributed by atoms with Gasteiger partial charge in [-0.1, -0.05) is 18.2 Å². The van der Waals surface area contributed by atoms with Crippen LogP contribution in [-0.2, 0) is 9.53 Å². The summed E-state index contributed by atoms with van der Waals surface area (Å²) in [5.74, 6) is -1.64. The van der Waals surface area contributed by atoms with Crippen molar-refractivity contribution in [1.29, 1.82) is 0 Å². The van der Waals surface area contributed by atoms with Crippen molar-refractivity contribution in [3.05, 3.63) is 46.4 Å². The minimum absolute atomic E-state index is 0.0764. The van der Waals surface area contributed by atoms with Crippen LogP contribution < -0.4 is 16.2 Å². The predicted octanol–water partition coefficient (Wildman–Crippen LogP) is 1.70. The average molecular weight is 359 g/mol. The third-order valence-corrected chi connectivity index (χ3v) is 3.35. The van der Waals surface area contributed by atoms with Crippen LogP contribution in [0.15, 0.2) is 35.1 Å². The van der Waals surface area contributed by atoms with Crippen LogP contribution in [0.25, 0.3) is 10.8 Å². The van der Waals surface area contributed by atoms with Gasteiger partial charge in [0.2, 0.25) is 0 Å². The molecule has 0 aliphatic heterocycles. The van der Waals surface area contributed by atoms with E-state index in [9.17, 15) is 19.2 Å². The van der Waals surface area contributed by atoms with E-state index in [0.717, 1.165) is 0 Å². The molecule has 8 heteroatoms. The molecule has 0 bridgehead atoms. The number of nitrogens with one attached hydrogen (secondary N) is 3. The summed E-state index contributed by atoms with van der Waals surface area (Å²) in [6.07, 6.45) is -1.22. The van der Waals surface area contributed by atoms with Gasteiger partial charge in [0.1, 0.15) is 5.69 Å². The highest BCUT2D eigenvalue weighted by atomic mass is 16.5. The Labute approximate surface area is 149 Å². The molecule has 0 fully saturated rings. The van der Waals surface area contributed by atoms with Crippen molar-refractivity contribution in [3.63, 3.8) is 0 Å². The average Bonchev–Trinajstić information content (AvgIpc) is 2.52. The summed E-state index contributed by atoms with van der Waals surface area (Å²) >= 11 is 0. The highest BCUT2D eigenvalue weighted by Crippen LogP contribution is 2.11. The summed E-state index contributed by atoms with van der Waals surface area (Å²) in [5.41, 5.74) is -1.03. The molecule has 3 N–H and O–H groups in total. The van der Waals surface area contributed by atoms with Crippen molar-refractivity contribution in [2.24, 2.45) is 0 Å². The van der Waals surface area contributed by atoms with E-state index in [1.807, 2.05) is 0 Å². The normalized spacial score (nSPS) is 12.3. The van der Waals surface area contributed by atoms with E-state index in [4.69, 9.17) is 4.74 Å². The van der Waals surface area contributed by atoms with E-state index in [-0.39, 0.29) is 5.69 Å². The number of hydrogen-bond acceptors (Lipinski definition) is 5. The molecule has 8 nitrogen and oxygen atoms in total. The number of rotatable bonds is 3. The van der Waals surface area contributed by atoms with Gasteiger partial charge in [0, 0.05) is 10.9 Å². The number of aromatic amines is 1. The third-order valence-electron chi connectivity index (χ3n) is 3.35. The summed E-state index contributed by atoms with van der Waals surface area (Å²) in [4.78, 5) is 50.3. The van der Waals surface area contributed by atoms with Crippen LogP contribution in [0, 0.1) is 0 Å². The quantitative estimate of drug-likeness (QED) is 0.721. The van der Waals surface area contributed by atoms with Gasteiger partial charge in [0.15, 0.2) is 6.10 Å². The highest BCUT2D eigenvalue weighted by molar-refractivity contribution is 5.99. The first-order valence-electron chi connectivity index (χ1n) is 8.03. The topological polar surface area (TPSA) is 117 Å². The zero-order valence-electron chi connectivity index (χ0n) is 15.0. The molecule has 1 heterocycles. The molecule has 0 radical (unpaired) electrons. The minimum atomic E-state index is -1.22. The molecule has 0 aliphatic rings.